The van der Waals surface area contributed by atoms with Crippen molar-refractivity contribution in [2.75, 3.05) is 0 Å². The van der Waals surface area contributed by atoms with Crippen LogP contribution < -0.4 is 4.72 Å². The molecular weight excluding hydrogens is 298 g/mol. The Morgan fingerprint density at radius 2 is 2.10 bits per heavy atom. The fourth-order valence-electron chi connectivity index (χ4n) is 2.73. The van der Waals surface area contributed by atoms with E-state index >= 15 is 0 Å². The summed E-state index contributed by atoms with van der Waals surface area (Å²) in [6, 6.07) is 3.02. The molecule has 2 atom stereocenters. The van der Waals surface area contributed by atoms with Crippen LogP contribution in [0.15, 0.2) is 17.0 Å². The van der Waals surface area contributed by atoms with Gasteiger partial charge in [-0.15, -0.1) is 0 Å². The summed E-state index contributed by atoms with van der Waals surface area (Å²) in [6.07, 6.45) is 2.96. The van der Waals surface area contributed by atoms with Gasteiger partial charge in [-0.3, -0.25) is 0 Å². The lowest BCUT2D eigenvalue weighted by molar-refractivity contribution is 0.280. The fourth-order valence-corrected chi connectivity index (χ4v) is 4.73. The molecule has 6 heteroatoms. The number of nitrogens with one attached hydrogen (secondary N) is 1. The van der Waals surface area contributed by atoms with E-state index in [0.29, 0.717) is 22.1 Å². The second-order valence-corrected chi connectivity index (χ2v) is 7.60. The van der Waals surface area contributed by atoms with Gasteiger partial charge in [0.15, 0.2) is 0 Å². The van der Waals surface area contributed by atoms with Crippen LogP contribution in [0.2, 0.25) is 5.02 Å². The van der Waals surface area contributed by atoms with Crippen molar-refractivity contribution in [3.05, 3.63) is 28.3 Å². The molecule has 0 aliphatic heterocycles. The highest BCUT2D eigenvalue weighted by molar-refractivity contribution is 7.89. The van der Waals surface area contributed by atoms with Crippen molar-refractivity contribution < 1.29 is 13.5 Å². The summed E-state index contributed by atoms with van der Waals surface area (Å²) in [6.45, 7) is 3.52. The molecule has 1 saturated carbocycles. The van der Waals surface area contributed by atoms with E-state index in [1.54, 1.807) is 13.0 Å². The van der Waals surface area contributed by atoms with E-state index in [2.05, 4.69) is 11.6 Å². The van der Waals surface area contributed by atoms with Crippen molar-refractivity contribution >= 4 is 21.6 Å². The van der Waals surface area contributed by atoms with Crippen molar-refractivity contribution in [1.82, 2.24) is 4.72 Å². The summed E-state index contributed by atoms with van der Waals surface area (Å²) >= 11 is 5.95. The third-order valence-corrected chi connectivity index (χ3v) is 5.89. The summed E-state index contributed by atoms with van der Waals surface area (Å²) in [5.41, 5.74) is 1.09. The molecular formula is C14H20ClNO3S. The van der Waals surface area contributed by atoms with Gasteiger partial charge in [0.2, 0.25) is 10.0 Å². The van der Waals surface area contributed by atoms with Gasteiger partial charge < -0.3 is 5.11 Å². The number of rotatable bonds is 4. The SMILES string of the molecule is Cc1c(CO)cc(Cl)cc1S(=O)(=O)NC1CCCC1C. The van der Waals surface area contributed by atoms with Crippen molar-refractivity contribution in [2.45, 2.75) is 50.7 Å². The summed E-state index contributed by atoms with van der Waals surface area (Å²) in [5.74, 6) is 0.349. The molecule has 4 nitrogen and oxygen atoms in total. The first-order valence-corrected chi connectivity index (χ1v) is 8.63. The highest BCUT2D eigenvalue weighted by Crippen LogP contribution is 2.29. The number of hydrogen-bond acceptors (Lipinski definition) is 3. The lowest BCUT2D eigenvalue weighted by atomic mass is 10.1. The molecule has 0 radical (unpaired) electrons. The zero-order chi connectivity index (χ0) is 14.9. The molecule has 0 bridgehead atoms. The first kappa shape index (κ1) is 15.8. The molecule has 112 valence electrons. The van der Waals surface area contributed by atoms with Crippen LogP contribution in [-0.4, -0.2) is 19.6 Å². The minimum Gasteiger partial charge on any atom is -0.392 e. The smallest absolute Gasteiger partial charge is 0.241 e. The second kappa shape index (κ2) is 6.02. The highest BCUT2D eigenvalue weighted by atomic mass is 35.5. The number of aliphatic hydroxyl groups excluding tert-OH is 1. The average Bonchev–Trinajstić information content (AvgIpc) is 2.76. The lowest BCUT2D eigenvalue weighted by Crippen LogP contribution is -2.36. The molecule has 0 saturated heterocycles. The van der Waals surface area contributed by atoms with Crippen LogP contribution in [0.4, 0.5) is 0 Å². The van der Waals surface area contributed by atoms with Gasteiger partial charge in [0, 0.05) is 11.1 Å². The zero-order valence-corrected chi connectivity index (χ0v) is 13.3. The molecule has 2 N–H and O–H groups in total. The molecule has 1 aliphatic carbocycles. The summed E-state index contributed by atoms with van der Waals surface area (Å²) in [4.78, 5) is 0.160. The molecule has 2 unspecified atom stereocenters. The van der Waals surface area contributed by atoms with Crippen LogP contribution >= 0.6 is 11.6 Å². The van der Waals surface area contributed by atoms with Crippen LogP contribution in [0.5, 0.6) is 0 Å². The highest BCUT2D eigenvalue weighted by Gasteiger charge is 2.29. The van der Waals surface area contributed by atoms with Crippen molar-refractivity contribution in [1.29, 1.82) is 0 Å². The molecule has 2 rings (SSSR count). The van der Waals surface area contributed by atoms with Crippen molar-refractivity contribution in [3.63, 3.8) is 0 Å². The number of benzene rings is 1. The van der Waals surface area contributed by atoms with Gasteiger partial charge in [-0.05, 0) is 48.9 Å². The molecule has 1 aromatic rings. The lowest BCUT2D eigenvalue weighted by Gasteiger charge is -2.19. The zero-order valence-electron chi connectivity index (χ0n) is 11.7. The van der Waals surface area contributed by atoms with E-state index in [1.165, 1.54) is 6.07 Å². The Balaban J connectivity index is 2.36. The summed E-state index contributed by atoms with van der Waals surface area (Å²) < 4.78 is 27.8. The first-order chi connectivity index (χ1) is 9.35. The van der Waals surface area contributed by atoms with Crippen LogP contribution in [0.25, 0.3) is 0 Å². The van der Waals surface area contributed by atoms with Crippen LogP contribution in [-0.2, 0) is 16.6 Å². The van der Waals surface area contributed by atoms with E-state index in [1.807, 2.05) is 0 Å². The van der Waals surface area contributed by atoms with Crippen molar-refractivity contribution in [2.24, 2.45) is 5.92 Å². The van der Waals surface area contributed by atoms with Gasteiger partial charge in [-0.1, -0.05) is 24.9 Å². The van der Waals surface area contributed by atoms with E-state index in [0.717, 1.165) is 19.3 Å². The third kappa shape index (κ3) is 3.17. The number of hydrogen-bond donors (Lipinski definition) is 2. The quantitative estimate of drug-likeness (QED) is 0.897. The van der Waals surface area contributed by atoms with Gasteiger partial charge in [-0.25, -0.2) is 13.1 Å². The molecule has 1 fully saturated rings. The number of aliphatic hydroxyl groups is 1. The topological polar surface area (TPSA) is 66.4 Å². The number of halogens is 1. The summed E-state index contributed by atoms with van der Waals surface area (Å²) in [5, 5.41) is 9.60. The van der Waals surface area contributed by atoms with Crippen LogP contribution in [0, 0.1) is 12.8 Å². The molecule has 0 heterocycles. The van der Waals surface area contributed by atoms with Crippen molar-refractivity contribution in [3.8, 4) is 0 Å². The van der Waals surface area contributed by atoms with Gasteiger partial charge in [0.25, 0.3) is 0 Å². The summed E-state index contributed by atoms with van der Waals surface area (Å²) in [7, 11) is -3.61. The normalized spacial score (nSPS) is 23.2. The molecule has 20 heavy (non-hydrogen) atoms. The maximum absolute atomic E-state index is 12.5. The Morgan fingerprint density at radius 1 is 1.40 bits per heavy atom. The minimum absolute atomic E-state index is 0.0176. The van der Waals surface area contributed by atoms with Gasteiger partial charge in [0.1, 0.15) is 0 Å². The standard InChI is InChI=1S/C14H20ClNO3S/c1-9-4-3-5-13(9)16-20(18,19)14-7-12(15)6-11(8-17)10(14)2/h6-7,9,13,16-17H,3-5,8H2,1-2H3. The Labute approximate surface area is 125 Å². The Morgan fingerprint density at radius 3 is 2.65 bits per heavy atom. The van der Waals surface area contributed by atoms with Crippen LogP contribution in [0.1, 0.15) is 37.3 Å². The average molecular weight is 318 g/mol. The minimum atomic E-state index is -3.61. The molecule has 0 spiro atoms. The Bertz CT molecular complexity index is 601. The monoisotopic (exact) mass is 317 g/mol. The first-order valence-electron chi connectivity index (χ1n) is 6.77. The van der Waals surface area contributed by atoms with Gasteiger partial charge >= 0.3 is 0 Å². The Hall–Kier alpha value is -0.620. The van der Waals surface area contributed by atoms with E-state index in [4.69, 9.17) is 11.6 Å². The maximum Gasteiger partial charge on any atom is 0.241 e. The van der Waals surface area contributed by atoms with Gasteiger partial charge in [-0.2, -0.15) is 0 Å². The predicted octanol–water partition coefficient (Wildman–Crippen LogP) is 2.61. The van der Waals surface area contributed by atoms with Crippen LogP contribution in [0.3, 0.4) is 0 Å². The molecule has 0 amide bonds. The van der Waals surface area contributed by atoms with E-state index in [-0.39, 0.29) is 17.5 Å². The third-order valence-electron chi connectivity index (χ3n) is 4.06. The predicted molar refractivity (Wildman–Crippen MR) is 79.2 cm³/mol. The van der Waals surface area contributed by atoms with E-state index < -0.39 is 10.0 Å². The van der Waals surface area contributed by atoms with E-state index in [9.17, 15) is 13.5 Å². The largest absolute Gasteiger partial charge is 0.392 e. The Kier molecular flexibility index (Phi) is 4.74. The maximum atomic E-state index is 12.5. The second-order valence-electron chi connectivity index (χ2n) is 5.48. The molecule has 1 aromatic carbocycles. The van der Waals surface area contributed by atoms with Gasteiger partial charge in [0.05, 0.1) is 11.5 Å². The fraction of sp³-hybridized carbons (Fsp3) is 0.571. The molecule has 0 aromatic heterocycles. The molecule has 1 aliphatic rings. The number of sulfonamides is 1.